The molecular formula is C24H29FN4O4. The van der Waals surface area contributed by atoms with Crippen molar-refractivity contribution >= 4 is 22.9 Å². The lowest BCUT2D eigenvalue weighted by molar-refractivity contribution is -0.136. The number of hydrogen-bond donors (Lipinski definition) is 3. The number of halogens is 1. The van der Waals surface area contributed by atoms with Crippen LogP contribution in [0.4, 0.5) is 4.39 Å². The van der Waals surface area contributed by atoms with E-state index in [-0.39, 0.29) is 30.2 Å². The molecule has 3 aromatic rings. The third kappa shape index (κ3) is 5.23. The molecule has 0 radical (unpaired) electrons. The first-order valence-electron chi connectivity index (χ1n) is 11.5. The van der Waals surface area contributed by atoms with E-state index in [1.165, 1.54) is 12.7 Å². The molecule has 2 aromatic heterocycles. The van der Waals surface area contributed by atoms with Gasteiger partial charge in [0.2, 0.25) is 0 Å². The van der Waals surface area contributed by atoms with Gasteiger partial charge in [0, 0.05) is 6.42 Å². The van der Waals surface area contributed by atoms with Gasteiger partial charge in [-0.15, -0.1) is 0 Å². The van der Waals surface area contributed by atoms with Crippen LogP contribution < -0.4 is 5.32 Å². The second-order valence-electron chi connectivity index (χ2n) is 8.82. The molecule has 0 aliphatic heterocycles. The van der Waals surface area contributed by atoms with Gasteiger partial charge in [-0.25, -0.2) is 9.37 Å². The Morgan fingerprint density at radius 2 is 1.97 bits per heavy atom. The molecule has 1 atom stereocenters. The standard InChI is InChI=1S/C24H29FN4O4/c1-14-17(13-33-29-14)24(32)28-21(16-7-5-3-2-4-6-8-16)23-26-18-11-9-15(10-12-19(30)31)20(25)22(18)27-23/h9,11,13,16,21H,2-8,10,12H2,1H3,(H,26,27)(H,28,32)(H,30,31). The number of carboxylic acids is 1. The van der Waals surface area contributed by atoms with Crippen LogP contribution in [-0.4, -0.2) is 32.1 Å². The molecule has 1 aliphatic carbocycles. The molecule has 1 saturated carbocycles. The Labute approximate surface area is 191 Å². The molecule has 1 aliphatic rings. The number of carboxylic acid groups (broad SMARTS) is 1. The predicted octanol–water partition coefficient (Wildman–Crippen LogP) is 4.85. The minimum Gasteiger partial charge on any atom is -0.481 e. The zero-order valence-corrected chi connectivity index (χ0v) is 18.7. The first-order chi connectivity index (χ1) is 15.9. The molecule has 1 aromatic carbocycles. The van der Waals surface area contributed by atoms with Crippen LogP contribution in [0, 0.1) is 18.7 Å². The minimum absolute atomic E-state index is 0.0921. The average molecular weight is 457 g/mol. The van der Waals surface area contributed by atoms with E-state index in [0.29, 0.717) is 28.2 Å². The number of carbonyl (C=O) groups excluding carboxylic acids is 1. The van der Waals surface area contributed by atoms with Crippen molar-refractivity contribution in [1.82, 2.24) is 20.4 Å². The normalized spacial score (nSPS) is 16.3. The fraction of sp³-hybridized carbons (Fsp3) is 0.500. The highest BCUT2D eigenvalue weighted by molar-refractivity contribution is 5.95. The number of carbonyl (C=O) groups is 2. The molecule has 3 N–H and O–H groups in total. The molecule has 4 rings (SSSR count). The molecule has 0 saturated heterocycles. The third-order valence-electron chi connectivity index (χ3n) is 6.50. The Hall–Kier alpha value is -3.23. The van der Waals surface area contributed by atoms with Gasteiger partial charge in [-0.05, 0) is 43.7 Å². The van der Waals surface area contributed by atoms with E-state index in [4.69, 9.17) is 9.63 Å². The molecule has 0 spiro atoms. The lowest BCUT2D eigenvalue weighted by Crippen LogP contribution is -2.35. The highest BCUT2D eigenvalue weighted by Crippen LogP contribution is 2.34. The summed E-state index contributed by atoms with van der Waals surface area (Å²) >= 11 is 0. The number of fused-ring (bicyclic) bond motifs is 1. The van der Waals surface area contributed by atoms with Crippen molar-refractivity contribution in [2.24, 2.45) is 5.92 Å². The second-order valence-corrected chi connectivity index (χ2v) is 8.82. The number of nitrogens with one attached hydrogen (secondary N) is 2. The van der Waals surface area contributed by atoms with E-state index in [0.717, 1.165) is 38.5 Å². The van der Waals surface area contributed by atoms with Gasteiger partial charge in [0.1, 0.15) is 23.2 Å². The summed E-state index contributed by atoms with van der Waals surface area (Å²) in [4.78, 5) is 31.7. The van der Waals surface area contributed by atoms with Gasteiger partial charge < -0.3 is 19.9 Å². The third-order valence-corrected chi connectivity index (χ3v) is 6.50. The molecule has 1 amide bonds. The van der Waals surface area contributed by atoms with Crippen LogP contribution in [0.2, 0.25) is 0 Å². The van der Waals surface area contributed by atoms with Crippen LogP contribution in [0.25, 0.3) is 11.0 Å². The summed E-state index contributed by atoms with van der Waals surface area (Å²) < 4.78 is 20.0. The quantitative estimate of drug-likeness (QED) is 0.467. The number of aromatic nitrogens is 3. The van der Waals surface area contributed by atoms with Gasteiger partial charge in [0.25, 0.3) is 5.91 Å². The highest BCUT2D eigenvalue weighted by Gasteiger charge is 2.30. The van der Waals surface area contributed by atoms with Gasteiger partial charge in [-0.2, -0.15) is 0 Å². The van der Waals surface area contributed by atoms with Crippen molar-refractivity contribution in [3.05, 3.63) is 46.9 Å². The van der Waals surface area contributed by atoms with E-state index in [2.05, 4.69) is 20.4 Å². The Balaban J connectivity index is 1.67. The monoisotopic (exact) mass is 456 g/mol. The van der Waals surface area contributed by atoms with Crippen molar-refractivity contribution in [3.63, 3.8) is 0 Å². The number of amides is 1. The average Bonchev–Trinajstić information content (AvgIpc) is 3.38. The number of H-pyrrole nitrogens is 1. The van der Waals surface area contributed by atoms with Crippen LogP contribution in [0.3, 0.4) is 0 Å². The zero-order chi connectivity index (χ0) is 23.4. The van der Waals surface area contributed by atoms with Gasteiger partial charge in [0.15, 0.2) is 5.82 Å². The molecule has 33 heavy (non-hydrogen) atoms. The Morgan fingerprint density at radius 1 is 1.24 bits per heavy atom. The number of nitrogens with zero attached hydrogens (tertiary/aromatic N) is 2. The maximum Gasteiger partial charge on any atom is 0.303 e. The summed E-state index contributed by atoms with van der Waals surface area (Å²) in [6.07, 6.45) is 8.81. The maximum absolute atomic E-state index is 15.1. The smallest absolute Gasteiger partial charge is 0.303 e. The predicted molar refractivity (Wildman–Crippen MR) is 119 cm³/mol. The number of rotatable bonds is 7. The number of aromatic amines is 1. The molecule has 2 heterocycles. The summed E-state index contributed by atoms with van der Waals surface area (Å²) in [5, 5.41) is 15.8. The first-order valence-corrected chi connectivity index (χ1v) is 11.5. The second kappa shape index (κ2) is 10.1. The van der Waals surface area contributed by atoms with E-state index < -0.39 is 17.8 Å². The number of aryl methyl sites for hydroxylation is 2. The zero-order valence-electron chi connectivity index (χ0n) is 18.7. The molecule has 176 valence electrons. The van der Waals surface area contributed by atoms with Crippen LogP contribution >= 0.6 is 0 Å². The fourth-order valence-corrected chi connectivity index (χ4v) is 4.64. The van der Waals surface area contributed by atoms with Crippen molar-refractivity contribution in [1.29, 1.82) is 0 Å². The fourth-order valence-electron chi connectivity index (χ4n) is 4.64. The van der Waals surface area contributed by atoms with E-state index >= 15 is 4.39 Å². The van der Waals surface area contributed by atoms with E-state index in [1.807, 2.05) is 0 Å². The van der Waals surface area contributed by atoms with Crippen LogP contribution in [0.5, 0.6) is 0 Å². The number of aliphatic carboxylic acids is 1. The highest BCUT2D eigenvalue weighted by atomic mass is 19.1. The summed E-state index contributed by atoms with van der Waals surface area (Å²) in [7, 11) is 0. The van der Waals surface area contributed by atoms with Crippen molar-refractivity contribution in [2.45, 2.75) is 70.8 Å². The van der Waals surface area contributed by atoms with E-state index in [1.54, 1.807) is 19.1 Å². The number of benzene rings is 1. The van der Waals surface area contributed by atoms with Gasteiger partial charge in [-0.3, -0.25) is 9.59 Å². The summed E-state index contributed by atoms with van der Waals surface area (Å²) in [6, 6.07) is 2.89. The minimum atomic E-state index is -0.978. The van der Waals surface area contributed by atoms with Crippen LogP contribution in [-0.2, 0) is 11.2 Å². The maximum atomic E-state index is 15.1. The lowest BCUT2D eigenvalue weighted by atomic mass is 9.85. The number of imidazole rings is 1. The summed E-state index contributed by atoms with van der Waals surface area (Å²) in [6.45, 7) is 1.71. The van der Waals surface area contributed by atoms with Crippen molar-refractivity contribution < 1.29 is 23.6 Å². The Bertz CT molecular complexity index is 1130. The van der Waals surface area contributed by atoms with Crippen molar-refractivity contribution in [2.75, 3.05) is 0 Å². The molecule has 9 heteroatoms. The Morgan fingerprint density at radius 3 is 2.64 bits per heavy atom. The molecule has 1 fully saturated rings. The molecule has 8 nitrogen and oxygen atoms in total. The van der Waals surface area contributed by atoms with Gasteiger partial charge >= 0.3 is 5.97 Å². The molecular weight excluding hydrogens is 427 g/mol. The Kier molecular flexibility index (Phi) is 7.05. The van der Waals surface area contributed by atoms with Gasteiger partial charge in [0.05, 0.1) is 17.3 Å². The van der Waals surface area contributed by atoms with Crippen LogP contribution in [0.1, 0.15) is 84.8 Å². The largest absolute Gasteiger partial charge is 0.481 e. The molecule has 1 unspecified atom stereocenters. The van der Waals surface area contributed by atoms with Crippen LogP contribution in [0.15, 0.2) is 22.9 Å². The topological polar surface area (TPSA) is 121 Å². The first kappa shape index (κ1) is 22.9. The SMILES string of the molecule is Cc1nocc1C(=O)NC(c1nc2c(F)c(CCC(=O)O)ccc2[nH]1)C1CCCCCCC1. The molecule has 0 bridgehead atoms. The summed E-state index contributed by atoms with van der Waals surface area (Å²) in [5.41, 5.74) is 1.87. The summed E-state index contributed by atoms with van der Waals surface area (Å²) in [5.74, 6) is -1.14. The number of hydrogen-bond acceptors (Lipinski definition) is 5. The van der Waals surface area contributed by atoms with Crippen molar-refractivity contribution in [3.8, 4) is 0 Å². The lowest BCUT2D eigenvalue weighted by Gasteiger charge is -2.28. The van der Waals surface area contributed by atoms with Gasteiger partial charge in [-0.1, -0.05) is 43.3 Å². The van der Waals surface area contributed by atoms with E-state index in [9.17, 15) is 9.59 Å².